The Kier molecular flexibility index (Phi) is 4.38. The van der Waals surface area contributed by atoms with E-state index in [2.05, 4.69) is 15.2 Å². The minimum atomic E-state index is -0.0940. The molecule has 1 N–H and O–H groups in total. The third-order valence-electron chi connectivity index (χ3n) is 7.66. The Morgan fingerprint density at radius 3 is 2.84 bits per heavy atom. The van der Waals surface area contributed by atoms with Gasteiger partial charge in [0, 0.05) is 44.2 Å². The zero-order valence-corrected chi connectivity index (χ0v) is 18.2. The number of nitrogens with zero attached hydrogens (tertiary/aromatic N) is 4. The van der Waals surface area contributed by atoms with Gasteiger partial charge in [-0.25, -0.2) is 0 Å². The Labute approximate surface area is 186 Å². The number of furan rings is 1. The normalized spacial score (nSPS) is 21.8. The average molecular weight is 434 g/mol. The molecule has 6 rings (SSSR count). The molecule has 2 amide bonds. The van der Waals surface area contributed by atoms with Gasteiger partial charge in [-0.3, -0.25) is 19.7 Å². The van der Waals surface area contributed by atoms with Gasteiger partial charge in [0.15, 0.2) is 11.3 Å². The number of nitrogens with one attached hydrogen (secondary N) is 1. The maximum atomic E-state index is 13.0. The largest absolute Gasteiger partial charge is 0.449 e. The molecule has 8 heteroatoms. The first-order chi connectivity index (χ1) is 15.5. The van der Waals surface area contributed by atoms with Crippen molar-refractivity contribution in [3.05, 3.63) is 47.7 Å². The summed E-state index contributed by atoms with van der Waals surface area (Å²) in [5.41, 5.74) is 2.66. The van der Waals surface area contributed by atoms with E-state index in [1.807, 2.05) is 18.0 Å². The van der Waals surface area contributed by atoms with Crippen molar-refractivity contribution in [2.24, 2.45) is 11.3 Å². The Morgan fingerprint density at radius 2 is 2.09 bits per heavy atom. The van der Waals surface area contributed by atoms with Crippen molar-refractivity contribution in [1.29, 1.82) is 0 Å². The van der Waals surface area contributed by atoms with Crippen molar-refractivity contribution in [3.8, 4) is 0 Å². The number of carbonyl (C=O) groups excluding carboxylic acids is 2. The third-order valence-corrected chi connectivity index (χ3v) is 7.66. The molecule has 1 unspecified atom stereocenters. The molecule has 1 atom stereocenters. The number of aromatic nitrogens is 3. The molecule has 2 saturated carbocycles. The monoisotopic (exact) mass is 433 g/mol. The highest BCUT2D eigenvalue weighted by Crippen LogP contribution is 2.59. The van der Waals surface area contributed by atoms with E-state index in [1.54, 1.807) is 29.6 Å². The van der Waals surface area contributed by atoms with E-state index in [-0.39, 0.29) is 17.2 Å². The van der Waals surface area contributed by atoms with E-state index in [0.717, 1.165) is 68.4 Å². The quantitative estimate of drug-likeness (QED) is 0.665. The minimum Gasteiger partial charge on any atom is -0.449 e. The van der Waals surface area contributed by atoms with Crippen LogP contribution < -0.4 is 0 Å². The molecular weight excluding hydrogens is 406 g/mol. The first-order valence-corrected chi connectivity index (χ1v) is 11.5. The van der Waals surface area contributed by atoms with E-state index in [0.29, 0.717) is 23.2 Å². The van der Waals surface area contributed by atoms with Crippen LogP contribution in [0.1, 0.15) is 64.6 Å². The lowest BCUT2D eigenvalue weighted by Gasteiger charge is -2.33. The predicted molar refractivity (Wildman–Crippen MR) is 117 cm³/mol. The number of piperidine rings is 1. The van der Waals surface area contributed by atoms with Crippen LogP contribution in [0.15, 0.2) is 35.1 Å². The molecule has 3 aliphatic rings. The molecule has 32 heavy (non-hydrogen) atoms. The second-order valence-corrected chi connectivity index (χ2v) is 9.74. The van der Waals surface area contributed by atoms with Gasteiger partial charge in [0.1, 0.15) is 0 Å². The Bertz CT molecular complexity index is 1150. The van der Waals surface area contributed by atoms with E-state index < -0.39 is 0 Å². The molecule has 0 bridgehead atoms. The summed E-state index contributed by atoms with van der Waals surface area (Å²) in [6, 6.07) is 3.63. The summed E-state index contributed by atoms with van der Waals surface area (Å²) < 4.78 is 5.69. The number of H-pyrrole nitrogens is 1. The minimum absolute atomic E-state index is 0.0940. The van der Waals surface area contributed by atoms with E-state index >= 15 is 0 Å². The molecular formula is C24H27N5O3. The van der Waals surface area contributed by atoms with Crippen molar-refractivity contribution in [2.75, 3.05) is 26.7 Å². The second kappa shape index (κ2) is 7.18. The number of hydrogen-bond acceptors (Lipinski definition) is 5. The van der Waals surface area contributed by atoms with Crippen LogP contribution in [0.4, 0.5) is 0 Å². The van der Waals surface area contributed by atoms with Gasteiger partial charge in [0.25, 0.3) is 11.8 Å². The summed E-state index contributed by atoms with van der Waals surface area (Å²) in [5, 5.41) is 8.04. The fraction of sp³-hybridized carbons (Fsp3) is 0.500. The van der Waals surface area contributed by atoms with Gasteiger partial charge >= 0.3 is 0 Å². The zero-order valence-electron chi connectivity index (χ0n) is 18.2. The summed E-state index contributed by atoms with van der Waals surface area (Å²) in [7, 11) is 1.84. The molecule has 1 spiro atoms. The van der Waals surface area contributed by atoms with Gasteiger partial charge in [0.05, 0.1) is 23.7 Å². The van der Waals surface area contributed by atoms with Crippen LogP contribution in [-0.4, -0.2) is 63.5 Å². The molecule has 3 aromatic heterocycles. The lowest BCUT2D eigenvalue weighted by atomic mass is 9.90. The van der Waals surface area contributed by atoms with Crippen molar-refractivity contribution in [1.82, 2.24) is 25.0 Å². The molecule has 1 aliphatic heterocycles. The summed E-state index contributed by atoms with van der Waals surface area (Å²) in [6.07, 6.45) is 10.4. The molecule has 3 aromatic rings. The summed E-state index contributed by atoms with van der Waals surface area (Å²) >= 11 is 0. The topological polar surface area (TPSA) is 95.3 Å². The molecule has 8 nitrogen and oxygen atoms in total. The van der Waals surface area contributed by atoms with Crippen LogP contribution >= 0.6 is 0 Å². The number of aromatic amines is 1. The van der Waals surface area contributed by atoms with Crippen molar-refractivity contribution >= 4 is 22.8 Å². The molecule has 0 aromatic carbocycles. The highest BCUT2D eigenvalue weighted by atomic mass is 16.3. The van der Waals surface area contributed by atoms with Gasteiger partial charge in [-0.05, 0) is 55.6 Å². The van der Waals surface area contributed by atoms with Gasteiger partial charge in [-0.1, -0.05) is 0 Å². The molecule has 4 heterocycles. The van der Waals surface area contributed by atoms with Crippen LogP contribution in [0.3, 0.4) is 0 Å². The van der Waals surface area contributed by atoms with Gasteiger partial charge in [-0.15, -0.1) is 0 Å². The van der Waals surface area contributed by atoms with Crippen LogP contribution in [0, 0.1) is 11.3 Å². The molecule has 1 saturated heterocycles. The van der Waals surface area contributed by atoms with Crippen LogP contribution in [0.2, 0.25) is 0 Å². The number of likely N-dealkylation sites (tertiary alicyclic amines) is 1. The highest BCUT2D eigenvalue weighted by Gasteiger charge is 2.55. The SMILES string of the molecule is CN(CC1CC12CCN(C(=O)c1cn[nH]c1C1CC1)CC2)C(=O)c1cc2ccncc2o1. The lowest BCUT2D eigenvalue weighted by molar-refractivity contribution is 0.0656. The number of pyridine rings is 1. The summed E-state index contributed by atoms with van der Waals surface area (Å²) in [4.78, 5) is 33.7. The van der Waals surface area contributed by atoms with E-state index in [4.69, 9.17) is 4.42 Å². The van der Waals surface area contributed by atoms with Crippen molar-refractivity contribution < 1.29 is 14.0 Å². The summed E-state index contributed by atoms with van der Waals surface area (Å²) in [5.74, 6) is 1.34. The number of fused-ring (bicyclic) bond motifs is 1. The third kappa shape index (κ3) is 3.29. The first kappa shape index (κ1) is 19.5. The maximum absolute atomic E-state index is 13.0. The standard InChI is InChI=1S/C24H27N5O3/c1-28(23(31)19-10-16-4-7-25-13-20(16)32-19)14-17-11-24(17)5-8-29(9-6-24)22(30)18-12-26-27-21(18)15-2-3-15/h4,7,10,12-13,15,17H,2-3,5-6,8-9,11,14H2,1H3,(H,26,27). The Morgan fingerprint density at radius 1 is 1.28 bits per heavy atom. The van der Waals surface area contributed by atoms with Gasteiger partial charge < -0.3 is 14.2 Å². The van der Waals surface area contributed by atoms with Crippen molar-refractivity contribution in [2.45, 2.75) is 38.0 Å². The second-order valence-electron chi connectivity index (χ2n) is 9.74. The summed E-state index contributed by atoms with van der Waals surface area (Å²) in [6.45, 7) is 2.27. The van der Waals surface area contributed by atoms with Crippen LogP contribution in [0.25, 0.3) is 11.0 Å². The highest BCUT2D eigenvalue weighted by molar-refractivity contribution is 5.96. The lowest BCUT2D eigenvalue weighted by Crippen LogP contribution is -2.40. The Hall–Kier alpha value is -3.16. The predicted octanol–water partition coefficient (Wildman–Crippen LogP) is 3.44. The first-order valence-electron chi connectivity index (χ1n) is 11.5. The van der Waals surface area contributed by atoms with E-state index in [1.165, 1.54) is 0 Å². The van der Waals surface area contributed by atoms with Crippen LogP contribution in [0.5, 0.6) is 0 Å². The Balaban J connectivity index is 1.05. The zero-order chi connectivity index (χ0) is 21.9. The van der Waals surface area contributed by atoms with Crippen molar-refractivity contribution in [3.63, 3.8) is 0 Å². The molecule has 166 valence electrons. The maximum Gasteiger partial charge on any atom is 0.289 e. The van der Waals surface area contributed by atoms with E-state index in [9.17, 15) is 9.59 Å². The van der Waals surface area contributed by atoms with Crippen LogP contribution in [-0.2, 0) is 0 Å². The molecule has 2 aliphatic carbocycles. The van der Waals surface area contributed by atoms with Gasteiger partial charge in [-0.2, -0.15) is 5.10 Å². The van der Waals surface area contributed by atoms with Gasteiger partial charge in [0.2, 0.25) is 0 Å². The number of carbonyl (C=O) groups is 2. The molecule has 3 fully saturated rings. The fourth-order valence-electron chi connectivity index (χ4n) is 5.37. The average Bonchev–Trinajstić information content (AvgIpc) is 3.64. The molecule has 0 radical (unpaired) electrons. The number of rotatable bonds is 5. The fourth-order valence-corrected chi connectivity index (χ4v) is 5.37. The number of amides is 2. The smallest absolute Gasteiger partial charge is 0.289 e. The number of hydrogen-bond donors (Lipinski definition) is 1.